The highest BCUT2D eigenvalue weighted by atomic mass is 32.1. The Morgan fingerprint density at radius 2 is 2.15 bits per heavy atom. The van der Waals surface area contributed by atoms with Crippen molar-refractivity contribution in [2.45, 2.75) is 51.6 Å². The van der Waals surface area contributed by atoms with Crippen LogP contribution < -0.4 is 5.32 Å². The molecule has 1 N–H and O–H groups in total. The van der Waals surface area contributed by atoms with Gasteiger partial charge in [-0.3, -0.25) is 0 Å². The van der Waals surface area contributed by atoms with Gasteiger partial charge in [-0.25, -0.2) is 4.98 Å². The summed E-state index contributed by atoms with van der Waals surface area (Å²) in [6.45, 7) is 4.47. The largest absolute Gasteiger partial charge is 0.301 e. The summed E-state index contributed by atoms with van der Waals surface area (Å²) in [6.07, 6.45) is 6.79. The first kappa shape index (κ1) is 13.8. The predicted octanol–water partition coefficient (Wildman–Crippen LogP) is 4.43. The summed E-state index contributed by atoms with van der Waals surface area (Å²) in [4.78, 5) is 4.45. The van der Waals surface area contributed by atoms with Gasteiger partial charge >= 0.3 is 0 Å². The zero-order valence-corrected chi connectivity index (χ0v) is 13.0. The molecule has 0 saturated heterocycles. The van der Waals surface area contributed by atoms with Crippen molar-refractivity contribution in [2.75, 3.05) is 0 Å². The van der Waals surface area contributed by atoms with Crippen LogP contribution in [0.15, 0.2) is 29.8 Å². The smallest absolute Gasteiger partial charge is 0.109 e. The van der Waals surface area contributed by atoms with Crippen LogP contribution in [-0.4, -0.2) is 4.98 Å². The minimum absolute atomic E-state index is 0.359. The maximum atomic E-state index is 4.45. The minimum Gasteiger partial charge on any atom is -0.301 e. The summed E-state index contributed by atoms with van der Waals surface area (Å²) in [6, 6.07) is 7.73. The lowest BCUT2D eigenvalue weighted by atomic mass is 10.0. The van der Waals surface area contributed by atoms with Gasteiger partial charge in [0, 0.05) is 17.6 Å². The van der Waals surface area contributed by atoms with E-state index in [1.165, 1.54) is 29.8 Å². The Morgan fingerprint density at radius 3 is 2.90 bits per heavy atom. The molecule has 0 spiro atoms. The molecule has 1 aromatic heterocycles. The molecule has 1 heterocycles. The van der Waals surface area contributed by atoms with E-state index in [1.54, 1.807) is 22.5 Å². The molecule has 0 fully saturated rings. The van der Waals surface area contributed by atoms with Crippen LogP contribution in [0.1, 0.15) is 60.5 Å². The number of nitrogens with one attached hydrogen (secondary N) is 1. The Hall–Kier alpha value is -1.19. The van der Waals surface area contributed by atoms with Gasteiger partial charge in [0.05, 0.1) is 6.04 Å². The third kappa shape index (κ3) is 2.79. The molecule has 2 atom stereocenters. The van der Waals surface area contributed by atoms with E-state index in [9.17, 15) is 0 Å². The minimum atomic E-state index is 0.359. The second-order valence-corrected chi connectivity index (χ2v) is 6.53. The van der Waals surface area contributed by atoms with Crippen LogP contribution in [0.2, 0.25) is 0 Å². The van der Waals surface area contributed by atoms with Crippen molar-refractivity contribution in [3.8, 4) is 0 Å². The van der Waals surface area contributed by atoms with Crippen molar-refractivity contribution >= 4 is 11.3 Å². The maximum absolute atomic E-state index is 4.45. The molecule has 1 aromatic carbocycles. The van der Waals surface area contributed by atoms with Crippen LogP contribution in [0.5, 0.6) is 0 Å². The Labute approximate surface area is 125 Å². The van der Waals surface area contributed by atoms with E-state index >= 15 is 0 Å². The fourth-order valence-electron chi connectivity index (χ4n) is 3.03. The van der Waals surface area contributed by atoms with Crippen LogP contribution in [-0.2, 0) is 12.8 Å². The lowest BCUT2D eigenvalue weighted by molar-refractivity contribution is 0.455. The van der Waals surface area contributed by atoms with Gasteiger partial charge in [-0.2, -0.15) is 0 Å². The standard InChI is InChI=1S/C17H22N2S/c1-3-16(17-18-9-10-20-17)19-12(2)14-8-7-13-5-4-6-15(13)11-14/h7-12,16,19H,3-6H2,1-2H3. The third-order valence-corrected chi connectivity index (χ3v) is 5.12. The highest BCUT2D eigenvalue weighted by Crippen LogP contribution is 2.27. The van der Waals surface area contributed by atoms with Crippen molar-refractivity contribution < 1.29 is 0 Å². The van der Waals surface area contributed by atoms with E-state index in [0.29, 0.717) is 12.1 Å². The highest BCUT2D eigenvalue weighted by Gasteiger charge is 2.17. The quantitative estimate of drug-likeness (QED) is 0.879. The Kier molecular flexibility index (Phi) is 4.18. The van der Waals surface area contributed by atoms with Crippen molar-refractivity contribution in [2.24, 2.45) is 0 Å². The van der Waals surface area contributed by atoms with Crippen molar-refractivity contribution in [3.05, 3.63) is 51.5 Å². The summed E-state index contributed by atoms with van der Waals surface area (Å²) >= 11 is 1.74. The number of aryl methyl sites for hydroxylation is 2. The van der Waals surface area contributed by atoms with Crippen LogP contribution in [0.25, 0.3) is 0 Å². The summed E-state index contributed by atoms with van der Waals surface area (Å²) in [5.74, 6) is 0. The highest BCUT2D eigenvalue weighted by molar-refractivity contribution is 7.09. The number of thiazole rings is 1. The molecular weight excluding hydrogens is 264 g/mol. The molecule has 0 bridgehead atoms. The molecule has 106 valence electrons. The molecule has 20 heavy (non-hydrogen) atoms. The zero-order valence-electron chi connectivity index (χ0n) is 12.2. The van der Waals surface area contributed by atoms with Crippen molar-refractivity contribution in [3.63, 3.8) is 0 Å². The topological polar surface area (TPSA) is 24.9 Å². The van der Waals surface area contributed by atoms with Gasteiger partial charge < -0.3 is 5.32 Å². The normalized spacial score (nSPS) is 16.9. The molecule has 0 aliphatic heterocycles. The molecule has 2 nitrogen and oxygen atoms in total. The summed E-state index contributed by atoms with van der Waals surface area (Å²) in [7, 11) is 0. The molecule has 3 rings (SSSR count). The number of nitrogens with zero attached hydrogens (tertiary/aromatic N) is 1. The van der Waals surface area contributed by atoms with Crippen molar-refractivity contribution in [1.29, 1.82) is 0 Å². The van der Waals surface area contributed by atoms with E-state index in [4.69, 9.17) is 0 Å². The SMILES string of the molecule is CCC(NC(C)c1ccc2c(c1)CCC2)c1nccs1. The molecule has 2 unspecified atom stereocenters. The lowest BCUT2D eigenvalue weighted by Crippen LogP contribution is -2.24. The molecule has 0 saturated carbocycles. The van der Waals surface area contributed by atoms with Gasteiger partial charge in [0.15, 0.2) is 0 Å². The van der Waals surface area contributed by atoms with Crippen LogP contribution in [0.4, 0.5) is 0 Å². The Bertz CT molecular complexity index is 562. The Balaban J connectivity index is 1.74. The zero-order chi connectivity index (χ0) is 13.9. The molecule has 0 amide bonds. The van der Waals surface area contributed by atoms with Gasteiger partial charge in [-0.05, 0) is 49.3 Å². The second-order valence-electron chi connectivity index (χ2n) is 5.60. The van der Waals surface area contributed by atoms with E-state index in [1.807, 2.05) is 6.20 Å². The fraction of sp³-hybridized carbons (Fsp3) is 0.471. The van der Waals surface area contributed by atoms with E-state index in [0.717, 1.165) is 6.42 Å². The summed E-state index contributed by atoms with van der Waals surface area (Å²) in [5, 5.41) is 6.97. The summed E-state index contributed by atoms with van der Waals surface area (Å²) < 4.78 is 0. The molecule has 1 aliphatic rings. The predicted molar refractivity (Wildman–Crippen MR) is 85.2 cm³/mol. The summed E-state index contributed by atoms with van der Waals surface area (Å²) in [5.41, 5.74) is 4.51. The molecule has 3 heteroatoms. The van der Waals surface area contributed by atoms with Crippen LogP contribution in [0.3, 0.4) is 0 Å². The average molecular weight is 286 g/mol. The number of fused-ring (bicyclic) bond motifs is 1. The van der Waals surface area contributed by atoms with E-state index in [2.05, 4.69) is 47.7 Å². The number of aromatic nitrogens is 1. The van der Waals surface area contributed by atoms with Gasteiger partial charge in [0.1, 0.15) is 5.01 Å². The second kappa shape index (κ2) is 6.06. The lowest BCUT2D eigenvalue weighted by Gasteiger charge is -2.21. The number of rotatable bonds is 5. The van der Waals surface area contributed by atoms with Gasteiger partial charge in [-0.15, -0.1) is 11.3 Å². The molecular formula is C17H22N2S. The molecule has 1 aliphatic carbocycles. The number of benzene rings is 1. The van der Waals surface area contributed by atoms with E-state index < -0.39 is 0 Å². The monoisotopic (exact) mass is 286 g/mol. The first-order valence-electron chi connectivity index (χ1n) is 7.55. The fourth-order valence-corrected chi connectivity index (χ4v) is 3.81. The molecule has 0 radical (unpaired) electrons. The number of hydrogen-bond acceptors (Lipinski definition) is 3. The molecule has 2 aromatic rings. The first-order valence-corrected chi connectivity index (χ1v) is 8.43. The van der Waals surface area contributed by atoms with Gasteiger partial charge in [0.25, 0.3) is 0 Å². The third-order valence-electron chi connectivity index (χ3n) is 4.23. The maximum Gasteiger partial charge on any atom is 0.109 e. The average Bonchev–Trinajstić information content (AvgIpc) is 3.14. The first-order chi connectivity index (χ1) is 9.78. The Morgan fingerprint density at radius 1 is 1.30 bits per heavy atom. The van der Waals surface area contributed by atoms with Crippen LogP contribution in [0, 0.1) is 0 Å². The van der Waals surface area contributed by atoms with E-state index in [-0.39, 0.29) is 0 Å². The number of hydrogen-bond donors (Lipinski definition) is 1. The van der Waals surface area contributed by atoms with Crippen molar-refractivity contribution in [1.82, 2.24) is 10.3 Å². The van der Waals surface area contributed by atoms with Gasteiger partial charge in [-0.1, -0.05) is 25.1 Å². The van der Waals surface area contributed by atoms with Gasteiger partial charge in [0.2, 0.25) is 0 Å². The van der Waals surface area contributed by atoms with Crippen LogP contribution >= 0.6 is 11.3 Å².